The highest BCUT2D eigenvalue weighted by Crippen LogP contribution is 2.32. The third-order valence-corrected chi connectivity index (χ3v) is 6.31. The molecule has 190 valence electrons. The average Bonchev–Trinajstić information content (AvgIpc) is 2.92. The zero-order chi connectivity index (χ0) is 26.1. The van der Waals surface area contributed by atoms with Gasteiger partial charge in [0.15, 0.2) is 5.82 Å². The summed E-state index contributed by atoms with van der Waals surface area (Å²) < 4.78 is 18.9. The van der Waals surface area contributed by atoms with Crippen LogP contribution in [0.15, 0.2) is 42.5 Å². The standard InChI is InChI=1S/C24H21FN6O6/c25-17-3-1-15(2-4-17)22-26-21-5-6-29(14-20(21)23(27-22)28-7-9-37-10-8-28)24(32)16-11-18(30(33)34)13-19(12-16)31(35)36/h1-4,11-13H,5-10,14H2. The minimum absolute atomic E-state index is 0.126. The van der Waals surface area contributed by atoms with Crippen molar-refractivity contribution in [2.24, 2.45) is 0 Å². The summed E-state index contributed by atoms with van der Waals surface area (Å²) in [5, 5.41) is 22.6. The van der Waals surface area contributed by atoms with E-state index in [0.717, 1.165) is 29.5 Å². The largest absolute Gasteiger partial charge is 0.378 e. The quantitative estimate of drug-likeness (QED) is 0.375. The van der Waals surface area contributed by atoms with Gasteiger partial charge in [-0.3, -0.25) is 25.0 Å². The van der Waals surface area contributed by atoms with Crippen LogP contribution in [-0.2, 0) is 17.7 Å². The Morgan fingerprint density at radius 2 is 1.59 bits per heavy atom. The number of nitro groups is 2. The molecule has 0 radical (unpaired) electrons. The van der Waals surface area contributed by atoms with Crippen LogP contribution in [0.1, 0.15) is 21.6 Å². The van der Waals surface area contributed by atoms with E-state index in [2.05, 4.69) is 0 Å². The van der Waals surface area contributed by atoms with Gasteiger partial charge >= 0.3 is 0 Å². The van der Waals surface area contributed by atoms with Gasteiger partial charge in [-0.25, -0.2) is 14.4 Å². The molecule has 1 amide bonds. The molecule has 0 aliphatic carbocycles. The Balaban J connectivity index is 1.52. The normalized spacial score (nSPS) is 15.3. The number of ether oxygens (including phenoxy) is 1. The van der Waals surface area contributed by atoms with Crippen molar-refractivity contribution in [2.75, 3.05) is 37.7 Å². The number of fused-ring (bicyclic) bond motifs is 1. The molecule has 1 fully saturated rings. The van der Waals surface area contributed by atoms with Gasteiger partial charge in [0.25, 0.3) is 17.3 Å². The number of morpholine rings is 1. The van der Waals surface area contributed by atoms with Crippen LogP contribution in [0.3, 0.4) is 0 Å². The number of benzene rings is 2. The number of hydrogen-bond donors (Lipinski definition) is 0. The molecule has 3 heterocycles. The molecule has 0 N–H and O–H groups in total. The lowest BCUT2D eigenvalue weighted by Gasteiger charge is -2.34. The summed E-state index contributed by atoms with van der Waals surface area (Å²) in [6.07, 6.45) is 0.381. The number of halogens is 1. The molecule has 13 heteroatoms. The predicted molar refractivity (Wildman–Crippen MR) is 129 cm³/mol. The molecule has 0 atom stereocenters. The first-order valence-electron chi connectivity index (χ1n) is 11.5. The molecule has 37 heavy (non-hydrogen) atoms. The van der Waals surface area contributed by atoms with E-state index in [0.29, 0.717) is 49.9 Å². The third kappa shape index (κ3) is 4.93. The molecule has 2 aliphatic heterocycles. The first-order chi connectivity index (χ1) is 17.8. The van der Waals surface area contributed by atoms with Gasteiger partial charge in [0.2, 0.25) is 0 Å². The second-order valence-corrected chi connectivity index (χ2v) is 8.63. The number of aromatic nitrogens is 2. The van der Waals surface area contributed by atoms with Gasteiger partial charge in [-0.1, -0.05) is 0 Å². The molecule has 2 aliphatic rings. The summed E-state index contributed by atoms with van der Waals surface area (Å²) in [5.74, 6) is 0.142. The molecule has 0 bridgehead atoms. The molecule has 1 saturated heterocycles. The van der Waals surface area contributed by atoms with E-state index in [1.54, 1.807) is 12.1 Å². The SMILES string of the molecule is O=C(c1cc([N+](=O)[O-])cc([N+](=O)[O-])c1)N1CCc2nc(-c3ccc(F)cc3)nc(N3CCOCC3)c2C1. The molecule has 1 aromatic heterocycles. The minimum Gasteiger partial charge on any atom is -0.378 e. The summed E-state index contributed by atoms with van der Waals surface area (Å²) in [6, 6.07) is 8.80. The van der Waals surface area contributed by atoms with Gasteiger partial charge in [0.1, 0.15) is 11.6 Å². The minimum atomic E-state index is -0.767. The molecule has 12 nitrogen and oxygen atoms in total. The maximum Gasteiger partial charge on any atom is 0.277 e. The Morgan fingerprint density at radius 3 is 2.22 bits per heavy atom. The van der Waals surface area contributed by atoms with Crippen LogP contribution in [0.4, 0.5) is 21.6 Å². The van der Waals surface area contributed by atoms with Crippen molar-refractivity contribution in [3.8, 4) is 11.4 Å². The third-order valence-electron chi connectivity index (χ3n) is 6.31. The van der Waals surface area contributed by atoms with Gasteiger partial charge in [-0.15, -0.1) is 0 Å². The Labute approximate surface area is 209 Å². The van der Waals surface area contributed by atoms with Crippen molar-refractivity contribution >= 4 is 23.1 Å². The highest BCUT2D eigenvalue weighted by molar-refractivity contribution is 5.96. The fraction of sp³-hybridized carbons (Fsp3) is 0.292. The Kier molecular flexibility index (Phi) is 6.44. The monoisotopic (exact) mass is 508 g/mol. The van der Waals surface area contributed by atoms with Crippen molar-refractivity contribution in [3.63, 3.8) is 0 Å². The Bertz CT molecular complexity index is 1360. The molecule has 0 saturated carbocycles. The number of carbonyl (C=O) groups is 1. The maximum atomic E-state index is 13.5. The lowest BCUT2D eigenvalue weighted by atomic mass is 10.0. The lowest BCUT2D eigenvalue weighted by molar-refractivity contribution is -0.394. The molecule has 0 unspecified atom stereocenters. The highest BCUT2D eigenvalue weighted by Gasteiger charge is 2.30. The van der Waals surface area contributed by atoms with Gasteiger partial charge in [0.05, 0.1) is 46.9 Å². The van der Waals surface area contributed by atoms with E-state index < -0.39 is 27.1 Å². The van der Waals surface area contributed by atoms with Crippen LogP contribution in [0.5, 0.6) is 0 Å². The van der Waals surface area contributed by atoms with Crippen LogP contribution in [0.25, 0.3) is 11.4 Å². The van der Waals surface area contributed by atoms with Gasteiger partial charge < -0.3 is 14.5 Å². The average molecular weight is 508 g/mol. The lowest BCUT2D eigenvalue weighted by Crippen LogP contribution is -2.41. The number of anilines is 1. The number of carbonyl (C=O) groups excluding carboxylic acids is 1. The Hall–Kier alpha value is -4.52. The highest BCUT2D eigenvalue weighted by atomic mass is 19.1. The van der Waals surface area contributed by atoms with Crippen molar-refractivity contribution in [1.82, 2.24) is 14.9 Å². The summed E-state index contributed by atoms with van der Waals surface area (Å²) in [4.78, 5) is 47.4. The number of amides is 1. The van der Waals surface area contributed by atoms with Gasteiger partial charge in [-0.2, -0.15) is 0 Å². The number of hydrogen-bond acceptors (Lipinski definition) is 9. The van der Waals surface area contributed by atoms with Gasteiger partial charge in [-0.05, 0) is 24.3 Å². The zero-order valence-corrected chi connectivity index (χ0v) is 19.5. The fourth-order valence-corrected chi connectivity index (χ4v) is 4.45. The zero-order valence-electron chi connectivity index (χ0n) is 19.5. The van der Waals surface area contributed by atoms with E-state index in [-0.39, 0.29) is 24.5 Å². The molecular weight excluding hydrogens is 487 g/mol. The van der Waals surface area contributed by atoms with Crippen molar-refractivity contribution in [3.05, 3.63) is 85.3 Å². The molecule has 3 aromatic rings. The number of rotatable bonds is 5. The first-order valence-corrected chi connectivity index (χ1v) is 11.5. The van der Waals surface area contributed by atoms with E-state index >= 15 is 0 Å². The van der Waals surface area contributed by atoms with E-state index in [1.165, 1.54) is 17.0 Å². The first kappa shape index (κ1) is 24.2. The summed E-state index contributed by atoms with van der Waals surface area (Å²) in [7, 11) is 0. The van der Waals surface area contributed by atoms with Crippen LogP contribution in [0.2, 0.25) is 0 Å². The molecule has 0 spiro atoms. The molecule has 2 aromatic carbocycles. The smallest absolute Gasteiger partial charge is 0.277 e. The van der Waals surface area contributed by atoms with Crippen LogP contribution in [0, 0.1) is 26.0 Å². The molecular formula is C24H21FN6O6. The van der Waals surface area contributed by atoms with Crippen molar-refractivity contribution < 1.29 is 23.8 Å². The number of non-ortho nitro benzene ring substituents is 2. The van der Waals surface area contributed by atoms with E-state index in [4.69, 9.17) is 14.7 Å². The Morgan fingerprint density at radius 1 is 0.946 bits per heavy atom. The summed E-state index contributed by atoms with van der Waals surface area (Å²) in [5.41, 5.74) is 0.923. The van der Waals surface area contributed by atoms with Crippen LogP contribution in [-0.4, -0.2) is 63.5 Å². The summed E-state index contributed by atoms with van der Waals surface area (Å²) in [6.45, 7) is 2.55. The van der Waals surface area contributed by atoms with Crippen LogP contribution < -0.4 is 4.90 Å². The van der Waals surface area contributed by atoms with Gasteiger partial charge in [0, 0.05) is 49.3 Å². The fourth-order valence-electron chi connectivity index (χ4n) is 4.45. The van der Waals surface area contributed by atoms with Crippen LogP contribution >= 0.6 is 0 Å². The topological polar surface area (TPSA) is 145 Å². The summed E-state index contributed by atoms with van der Waals surface area (Å²) >= 11 is 0. The number of nitrogens with zero attached hydrogens (tertiary/aromatic N) is 6. The second kappa shape index (κ2) is 9.85. The predicted octanol–water partition coefficient (Wildman–Crippen LogP) is 3.13. The van der Waals surface area contributed by atoms with Crippen molar-refractivity contribution in [2.45, 2.75) is 13.0 Å². The van der Waals surface area contributed by atoms with Crippen molar-refractivity contribution in [1.29, 1.82) is 0 Å². The molecule has 5 rings (SSSR count). The van der Waals surface area contributed by atoms with E-state index in [1.807, 2.05) is 4.90 Å². The van der Waals surface area contributed by atoms with E-state index in [9.17, 15) is 29.4 Å². The number of nitro benzene ring substituents is 2. The maximum absolute atomic E-state index is 13.5. The second-order valence-electron chi connectivity index (χ2n) is 8.63.